The molecule has 0 unspecified atom stereocenters. The third-order valence-electron chi connectivity index (χ3n) is 4.23. The average molecular weight is 420 g/mol. The molecule has 0 fully saturated rings. The van der Waals surface area contributed by atoms with Crippen molar-refractivity contribution in [3.8, 4) is 11.5 Å². The van der Waals surface area contributed by atoms with Gasteiger partial charge in [0.05, 0.1) is 31.9 Å². The van der Waals surface area contributed by atoms with Gasteiger partial charge < -0.3 is 9.47 Å². The zero-order chi connectivity index (χ0) is 21.6. The van der Waals surface area contributed by atoms with Gasteiger partial charge in [-0.1, -0.05) is 18.2 Å². The predicted octanol–water partition coefficient (Wildman–Crippen LogP) is 2.40. The van der Waals surface area contributed by atoms with Gasteiger partial charge in [0.25, 0.3) is 5.91 Å². The van der Waals surface area contributed by atoms with E-state index in [9.17, 15) is 13.2 Å². The second-order valence-electron chi connectivity index (χ2n) is 6.31. The van der Waals surface area contributed by atoms with Crippen molar-refractivity contribution in [1.82, 2.24) is 5.43 Å². The first-order valence-electron chi connectivity index (χ1n) is 8.80. The summed E-state index contributed by atoms with van der Waals surface area (Å²) in [7, 11) is -0.605. The number of hydrogen-bond acceptors (Lipinski definition) is 6. The third kappa shape index (κ3) is 5.47. The zero-order valence-corrected chi connectivity index (χ0v) is 17.9. The highest BCUT2D eigenvalue weighted by Crippen LogP contribution is 2.27. The molecule has 0 aliphatic carbocycles. The maximum atomic E-state index is 12.6. The Hall–Kier alpha value is -3.07. The van der Waals surface area contributed by atoms with E-state index in [0.717, 1.165) is 16.1 Å². The number of ether oxygens (including phenoxy) is 2. The number of carbonyl (C=O) groups excluding carboxylic acids is 1. The predicted molar refractivity (Wildman–Crippen MR) is 113 cm³/mol. The minimum absolute atomic E-state index is 0.401. The first-order valence-corrected chi connectivity index (χ1v) is 10.6. The molecule has 2 rings (SSSR count). The molecular weight excluding hydrogens is 394 g/mol. The second kappa shape index (κ2) is 9.42. The quantitative estimate of drug-likeness (QED) is 0.523. The summed E-state index contributed by atoms with van der Waals surface area (Å²) in [6, 6.07) is 12.7. The Balaban J connectivity index is 2.22. The van der Waals surface area contributed by atoms with Crippen LogP contribution in [0.3, 0.4) is 0 Å². The van der Waals surface area contributed by atoms with E-state index >= 15 is 0 Å². The fourth-order valence-electron chi connectivity index (χ4n) is 2.74. The maximum Gasteiger partial charge on any atom is 0.263 e. The number of sulfonamides is 1. The molecule has 0 aliphatic rings. The molecule has 1 amide bonds. The van der Waals surface area contributed by atoms with E-state index in [1.165, 1.54) is 14.0 Å². The lowest BCUT2D eigenvalue weighted by atomic mass is 10.1. The van der Waals surface area contributed by atoms with Crippen LogP contribution in [0.4, 0.5) is 5.69 Å². The molecule has 0 spiro atoms. The molecule has 29 heavy (non-hydrogen) atoms. The third-order valence-corrected chi connectivity index (χ3v) is 5.48. The number of hydrazone groups is 1. The summed E-state index contributed by atoms with van der Waals surface area (Å²) in [5.74, 6) is 0.555. The molecule has 1 N–H and O–H groups in total. The molecule has 0 radical (unpaired) electrons. The number of nitrogens with one attached hydrogen (secondary N) is 1. The topological polar surface area (TPSA) is 97.3 Å². The standard InChI is InChI=1S/C20H25N3O5S/c1-14(16-11-12-18(27-3)19(13-16)28-4)21-22-20(24)15(2)23(29(5,25)26)17-9-7-6-8-10-17/h6-13,15H,1-5H3,(H,22,24)/b21-14-/t15-/m1/s1. The Morgan fingerprint density at radius 3 is 2.24 bits per heavy atom. The van der Waals surface area contributed by atoms with Crippen LogP contribution in [0.5, 0.6) is 11.5 Å². The van der Waals surface area contributed by atoms with Gasteiger partial charge in [0, 0.05) is 5.56 Å². The van der Waals surface area contributed by atoms with E-state index in [1.807, 2.05) is 0 Å². The van der Waals surface area contributed by atoms with Crippen LogP contribution in [0.15, 0.2) is 53.6 Å². The minimum Gasteiger partial charge on any atom is -0.493 e. The van der Waals surface area contributed by atoms with Gasteiger partial charge in [-0.25, -0.2) is 13.8 Å². The van der Waals surface area contributed by atoms with Crippen LogP contribution in [-0.2, 0) is 14.8 Å². The number of anilines is 1. The Morgan fingerprint density at radius 2 is 1.69 bits per heavy atom. The van der Waals surface area contributed by atoms with Crippen molar-refractivity contribution >= 4 is 27.3 Å². The van der Waals surface area contributed by atoms with Gasteiger partial charge in [-0.3, -0.25) is 9.10 Å². The fraction of sp³-hybridized carbons (Fsp3) is 0.300. The summed E-state index contributed by atoms with van der Waals surface area (Å²) < 4.78 is 36.0. The average Bonchev–Trinajstić information content (AvgIpc) is 2.70. The molecule has 1 atom stereocenters. The van der Waals surface area contributed by atoms with Gasteiger partial charge in [0.15, 0.2) is 11.5 Å². The Bertz CT molecular complexity index is 990. The van der Waals surface area contributed by atoms with Crippen molar-refractivity contribution in [2.24, 2.45) is 5.10 Å². The highest BCUT2D eigenvalue weighted by Gasteiger charge is 2.28. The van der Waals surface area contributed by atoms with Gasteiger partial charge in [0.1, 0.15) is 6.04 Å². The van der Waals surface area contributed by atoms with Crippen LogP contribution >= 0.6 is 0 Å². The lowest BCUT2D eigenvalue weighted by molar-refractivity contribution is -0.121. The number of carbonyl (C=O) groups is 1. The molecule has 0 bridgehead atoms. The van der Waals surface area contributed by atoms with Crippen LogP contribution in [0.1, 0.15) is 19.4 Å². The summed E-state index contributed by atoms with van der Waals surface area (Å²) in [6.45, 7) is 3.22. The van der Waals surface area contributed by atoms with Crippen molar-refractivity contribution in [2.45, 2.75) is 19.9 Å². The molecule has 2 aromatic rings. The molecule has 2 aromatic carbocycles. The van der Waals surface area contributed by atoms with Crippen molar-refractivity contribution in [2.75, 3.05) is 24.8 Å². The summed E-state index contributed by atoms with van der Waals surface area (Å²) in [5, 5.41) is 4.10. The number of nitrogens with zero attached hydrogens (tertiary/aromatic N) is 2. The first-order chi connectivity index (χ1) is 13.7. The van der Waals surface area contributed by atoms with E-state index in [1.54, 1.807) is 62.6 Å². The van der Waals surface area contributed by atoms with Gasteiger partial charge in [-0.15, -0.1) is 0 Å². The monoisotopic (exact) mass is 419 g/mol. The molecule has 0 heterocycles. The van der Waals surface area contributed by atoms with Crippen LogP contribution < -0.4 is 19.2 Å². The van der Waals surface area contributed by atoms with Gasteiger partial charge in [-0.05, 0) is 44.2 Å². The van der Waals surface area contributed by atoms with Crippen LogP contribution in [-0.4, -0.2) is 46.6 Å². The summed E-state index contributed by atoms with van der Waals surface area (Å²) >= 11 is 0. The molecule has 0 aromatic heterocycles. The molecule has 8 nitrogen and oxygen atoms in total. The first kappa shape index (κ1) is 22.2. The van der Waals surface area contributed by atoms with Crippen molar-refractivity contribution in [1.29, 1.82) is 0 Å². The van der Waals surface area contributed by atoms with Crippen molar-refractivity contribution in [3.63, 3.8) is 0 Å². The fourth-order valence-corrected chi connectivity index (χ4v) is 3.92. The van der Waals surface area contributed by atoms with Crippen LogP contribution in [0, 0.1) is 0 Å². The molecule has 9 heteroatoms. The zero-order valence-electron chi connectivity index (χ0n) is 17.0. The summed E-state index contributed by atoms with van der Waals surface area (Å²) in [4.78, 5) is 12.6. The van der Waals surface area contributed by atoms with E-state index in [2.05, 4.69) is 10.5 Å². The second-order valence-corrected chi connectivity index (χ2v) is 8.17. The van der Waals surface area contributed by atoms with Crippen molar-refractivity contribution < 1.29 is 22.7 Å². The molecule has 156 valence electrons. The SMILES string of the molecule is COc1ccc(/C(C)=N\NC(=O)[C@@H](C)N(c2ccccc2)S(C)(=O)=O)cc1OC. The van der Waals surface area contributed by atoms with E-state index in [-0.39, 0.29) is 0 Å². The maximum absolute atomic E-state index is 12.6. The van der Waals surface area contributed by atoms with Gasteiger partial charge in [-0.2, -0.15) is 5.10 Å². The highest BCUT2D eigenvalue weighted by atomic mass is 32.2. The largest absolute Gasteiger partial charge is 0.493 e. The Labute approximate surface area is 171 Å². The van der Waals surface area contributed by atoms with E-state index in [4.69, 9.17) is 9.47 Å². The van der Waals surface area contributed by atoms with E-state index < -0.39 is 22.0 Å². The number of benzene rings is 2. The normalized spacial score (nSPS) is 12.8. The Morgan fingerprint density at radius 1 is 1.07 bits per heavy atom. The number of hydrogen-bond donors (Lipinski definition) is 1. The molecular formula is C20H25N3O5S. The van der Waals surface area contributed by atoms with Crippen molar-refractivity contribution in [3.05, 3.63) is 54.1 Å². The Kier molecular flexibility index (Phi) is 7.22. The van der Waals surface area contributed by atoms with Crippen LogP contribution in [0.25, 0.3) is 0 Å². The number of amides is 1. The molecule has 0 aliphatic heterocycles. The summed E-state index contributed by atoms with van der Waals surface area (Å²) in [6.07, 6.45) is 1.06. The highest BCUT2D eigenvalue weighted by molar-refractivity contribution is 7.92. The number of para-hydroxylation sites is 1. The lowest BCUT2D eigenvalue weighted by Crippen LogP contribution is -2.46. The number of methoxy groups -OCH3 is 2. The lowest BCUT2D eigenvalue weighted by Gasteiger charge is -2.27. The minimum atomic E-state index is -3.68. The van der Waals surface area contributed by atoms with E-state index in [0.29, 0.717) is 22.9 Å². The van der Waals surface area contributed by atoms with Gasteiger partial charge in [0.2, 0.25) is 10.0 Å². The van der Waals surface area contributed by atoms with Gasteiger partial charge >= 0.3 is 0 Å². The summed E-state index contributed by atoms with van der Waals surface area (Å²) in [5.41, 5.74) is 4.09. The number of rotatable bonds is 8. The molecule has 0 saturated heterocycles. The smallest absolute Gasteiger partial charge is 0.263 e. The van der Waals surface area contributed by atoms with Crippen LogP contribution in [0.2, 0.25) is 0 Å². The molecule has 0 saturated carbocycles.